The summed E-state index contributed by atoms with van der Waals surface area (Å²) in [7, 11) is 6.00. The lowest BCUT2D eigenvalue weighted by molar-refractivity contribution is -0.870. The third kappa shape index (κ3) is 76.0. The van der Waals surface area contributed by atoms with Crippen molar-refractivity contribution in [2.45, 2.75) is 399 Å². The van der Waals surface area contributed by atoms with Gasteiger partial charge in [0.25, 0.3) is 6.29 Å². The summed E-state index contributed by atoms with van der Waals surface area (Å²) in [5.74, 6) is -1.98. The molecule has 0 aliphatic carbocycles. The van der Waals surface area contributed by atoms with Gasteiger partial charge < -0.3 is 28.5 Å². The largest absolute Gasteiger partial charge is 0.477 e. The Labute approximate surface area is 577 Å². The molecule has 9 heteroatoms. The number of carbonyl (C=O) groups is 3. The molecule has 0 radical (unpaired) electrons. The maximum Gasteiger partial charge on any atom is 0.361 e. The van der Waals surface area contributed by atoms with E-state index in [0.717, 1.165) is 70.6 Å². The maximum absolute atomic E-state index is 13.0. The molecule has 93 heavy (non-hydrogen) atoms. The number of aliphatic carboxylic acids is 1. The summed E-state index contributed by atoms with van der Waals surface area (Å²) in [5, 5.41) is 9.77. The summed E-state index contributed by atoms with van der Waals surface area (Å²) < 4.78 is 23.1. The van der Waals surface area contributed by atoms with E-state index in [-0.39, 0.29) is 38.2 Å². The Bertz CT molecular complexity index is 1760. The van der Waals surface area contributed by atoms with Gasteiger partial charge in [0.15, 0.2) is 6.10 Å². The zero-order valence-electron chi connectivity index (χ0n) is 62.2. The summed E-state index contributed by atoms with van der Waals surface area (Å²) in [6.45, 7) is 4.83. The van der Waals surface area contributed by atoms with Crippen LogP contribution in [0, 0.1) is 0 Å². The molecule has 0 saturated heterocycles. The van der Waals surface area contributed by atoms with E-state index in [1.807, 2.05) is 21.1 Å². The summed E-state index contributed by atoms with van der Waals surface area (Å²) in [6.07, 6.45) is 97.7. The van der Waals surface area contributed by atoms with E-state index < -0.39 is 18.4 Å². The van der Waals surface area contributed by atoms with Gasteiger partial charge in [-0.15, -0.1) is 0 Å². The minimum atomic E-state index is -1.51. The number of likely N-dealkylation sites (N-methyl/N-ethyl adjacent to an activating group) is 1. The van der Waals surface area contributed by atoms with Crippen LogP contribution < -0.4 is 0 Å². The Morgan fingerprint density at radius 3 is 0.925 bits per heavy atom. The van der Waals surface area contributed by atoms with E-state index in [4.69, 9.17) is 18.9 Å². The molecule has 2 unspecified atom stereocenters. The number of quaternary nitrogens is 1. The third-order valence-electron chi connectivity index (χ3n) is 17.9. The standard InChI is InChI=1S/C84H153NO8/c1-6-8-10-12-14-16-18-20-22-24-26-28-30-32-34-36-38-39-40-41-42-43-45-47-49-51-53-55-57-59-61-63-65-67-69-71-73-75-82(87)93-80(79-92-84(83(88)89)90-77-76-85(3,4)5)78-91-81(86)74-72-70-68-66-64-62-60-58-56-54-52-50-48-46-44-37-35-33-31-29-27-25-23-21-19-17-15-13-11-9-7-2/h8,10,14,16,20,22,25-28,32,34,80,84H,6-7,9,11-13,15,17-19,21,23-24,29-31,33,35-79H2,1-5H3/p+1/b10-8-,16-14-,22-20-,27-25-,28-26-,34-32-. The molecule has 0 aromatic rings. The Morgan fingerprint density at radius 1 is 0.333 bits per heavy atom. The van der Waals surface area contributed by atoms with Crippen LogP contribution in [0.3, 0.4) is 0 Å². The zero-order chi connectivity index (χ0) is 67.5. The monoisotopic (exact) mass is 1310 g/mol. The van der Waals surface area contributed by atoms with Gasteiger partial charge in [0.05, 0.1) is 34.4 Å². The van der Waals surface area contributed by atoms with Gasteiger partial charge in [0.2, 0.25) is 0 Å². The number of hydrogen-bond donors (Lipinski definition) is 1. The molecule has 0 heterocycles. The normalized spacial score (nSPS) is 13.0. The van der Waals surface area contributed by atoms with Crippen molar-refractivity contribution in [2.75, 3.05) is 47.5 Å². The van der Waals surface area contributed by atoms with Crippen molar-refractivity contribution in [1.29, 1.82) is 0 Å². The highest BCUT2D eigenvalue weighted by Gasteiger charge is 2.25. The zero-order valence-corrected chi connectivity index (χ0v) is 62.2. The van der Waals surface area contributed by atoms with E-state index >= 15 is 0 Å². The average molecular weight is 1310 g/mol. The van der Waals surface area contributed by atoms with Gasteiger partial charge in [-0.3, -0.25) is 9.59 Å². The highest BCUT2D eigenvalue weighted by Crippen LogP contribution is 2.19. The fraction of sp³-hybridized carbons (Fsp3) is 0.821. The minimum absolute atomic E-state index is 0.177. The number of unbranched alkanes of at least 4 members (excludes halogenated alkanes) is 48. The van der Waals surface area contributed by atoms with Gasteiger partial charge in [-0.05, 0) is 83.5 Å². The number of hydrogen-bond acceptors (Lipinski definition) is 7. The number of carbonyl (C=O) groups excluding carboxylic acids is 2. The molecule has 2 atom stereocenters. The molecule has 0 bridgehead atoms. The average Bonchev–Trinajstić information content (AvgIpc) is 3.73. The smallest absolute Gasteiger partial charge is 0.361 e. The molecule has 0 spiro atoms. The highest BCUT2D eigenvalue weighted by atomic mass is 16.7. The summed E-state index contributed by atoms with van der Waals surface area (Å²) in [5.41, 5.74) is 0. The molecule has 0 saturated carbocycles. The van der Waals surface area contributed by atoms with E-state index in [1.165, 1.54) is 289 Å². The van der Waals surface area contributed by atoms with Gasteiger partial charge >= 0.3 is 17.9 Å². The number of nitrogens with zero attached hydrogens (tertiary/aromatic N) is 1. The van der Waals surface area contributed by atoms with Crippen molar-refractivity contribution in [2.24, 2.45) is 0 Å². The molecule has 9 nitrogen and oxygen atoms in total. The molecule has 0 aliphatic rings. The second-order valence-electron chi connectivity index (χ2n) is 28.3. The number of ether oxygens (including phenoxy) is 4. The molecule has 0 aromatic carbocycles. The predicted molar refractivity (Wildman–Crippen MR) is 401 cm³/mol. The fourth-order valence-corrected chi connectivity index (χ4v) is 11.9. The fourth-order valence-electron chi connectivity index (χ4n) is 11.9. The van der Waals surface area contributed by atoms with Crippen LogP contribution in [0.25, 0.3) is 0 Å². The van der Waals surface area contributed by atoms with Crippen molar-refractivity contribution in [1.82, 2.24) is 0 Å². The van der Waals surface area contributed by atoms with Crippen LogP contribution in [0.2, 0.25) is 0 Å². The van der Waals surface area contributed by atoms with Crippen LogP contribution in [0.4, 0.5) is 0 Å². The number of allylic oxidation sites excluding steroid dienone is 12. The predicted octanol–water partition coefficient (Wildman–Crippen LogP) is 25.6. The molecule has 0 aliphatic heterocycles. The van der Waals surface area contributed by atoms with Crippen LogP contribution in [0.5, 0.6) is 0 Å². The van der Waals surface area contributed by atoms with E-state index in [1.54, 1.807) is 0 Å². The first-order chi connectivity index (χ1) is 45.6. The topological polar surface area (TPSA) is 108 Å². The van der Waals surface area contributed by atoms with Gasteiger partial charge in [-0.2, -0.15) is 0 Å². The molecular formula is C84H154NO8+. The summed E-state index contributed by atoms with van der Waals surface area (Å²) in [6, 6.07) is 0. The van der Waals surface area contributed by atoms with Crippen LogP contribution in [0.15, 0.2) is 72.9 Å². The Hall–Kier alpha value is -3.27. The molecule has 1 N–H and O–H groups in total. The van der Waals surface area contributed by atoms with Crippen molar-refractivity contribution in [3.8, 4) is 0 Å². The van der Waals surface area contributed by atoms with E-state index in [2.05, 4.69) is 86.8 Å². The number of esters is 2. The highest BCUT2D eigenvalue weighted by molar-refractivity contribution is 5.71. The molecule has 0 aromatic heterocycles. The second kappa shape index (κ2) is 74.5. The molecule has 542 valence electrons. The molecule has 0 amide bonds. The number of carboxylic acids is 1. The maximum atomic E-state index is 13.0. The van der Waals surface area contributed by atoms with Gasteiger partial charge in [0, 0.05) is 12.8 Å². The molecule has 0 rings (SSSR count). The van der Waals surface area contributed by atoms with Crippen LogP contribution in [-0.2, 0) is 33.3 Å². The van der Waals surface area contributed by atoms with Crippen molar-refractivity contribution in [3.05, 3.63) is 72.9 Å². The lowest BCUT2D eigenvalue weighted by atomic mass is 10.0. The Balaban J connectivity index is 3.98. The first kappa shape index (κ1) is 89.7. The van der Waals surface area contributed by atoms with Gasteiger partial charge in [-0.25, -0.2) is 4.79 Å². The van der Waals surface area contributed by atoms with Crippen LogP contribution >= 0.6 is 0 Å². The van der Waals surface area contributed by atoms with Crippen molar-refractivity contribution >= 4 is 17.9 Å². The lowest BCUT2D eigenvalue weighted by Crippen LogP contribution is -2.40. The third-order valence-corrected chi connectivity index (χ3v) is 17.9. The Morgan fingerprint density at radius 2 is 0.613 bits per heavy atom. The number of carboxylic acid groups (broad SMARTS) is 1. The van der Waals surface area contributed by atoms with Gasteiger partial charge in [-0.1, -0.05) is 363 Å². The quantitative estimate of drug-likeness (QED) is 0.0211. The summed E-state index contributed by atoms with van der Waals surface area (Å²) in [4.78, 5) is 37.7. The van der Waals surface area contributed by atoms with E-state index in [9.17, 15) is 19.5 Å². The number of rotatable bonds is 75. The molecular weight excluding hydrogens is 1150 g/mol. The first-order valence-corrected chi connectivity index (χ1v) is 40.1. The first-order valence-electron chi connectivity index (χ1n) is 40.1. The summed E-state index contributed by atoms with van der Waals surface area (Å²) >= 11 is 0. The SMILES string of the molecule is CC/C=C\C/C=C\C/C=C\C/C=C\C/C=C\CCCCCCCCCCCCCCCCCCCCCCCC(=O)OC(COC(=O)CCCCCCCCCCCCCCCCCCCCC/C=C\CCCCCCCCCC)COC(OCC[N+](C)(C)C)C(=O)O. The van der Waals surface area contributed by atoms with Crippen LogP contribution in [-0.4, -0.2) is 87.4 Å². The van der Waals surface area contributed by atoms with Crippen LogP contribution in [0.1, 0.15) is 386 Å². The van der Waals surface area contributed by atoms with Crippen molar-refractivity contribution in [3.63, 3.8) is 0 Å². The molecule has 0 fully saturated rings. The minimum Gasteiger partial charge on any atom is -0.477 e. The van der Waals surface area contributed by atoms with E-state index in [0.29, 0.717) is 17.4 Å². The van der Waals surface area contributed by atoms with Crippen molar-refractivity contribution < 1.29 is 42.9 Å². The lowest BCUT2D eigenvalue weighted by Gasteiger charge is -2.25. The Kier molecular flexibility index (Phi) is 71.9. The second-order valence-corrected chi connectivity index (χ2v) is 28.3. The van der Waals surface area contributed by atoms with Gasteiger partial charge in [0.1, 0.15) is 13.2 Å².